The van der Waals surface area contributed by atoms with Gasteiger partial charge in [-0.05, 0) is 48.7 Å². The van der Waals surface area contributed by atoms with Crippen LogP contribution in [0.15, 0.2) is 60.8 Å². The maximum atomic E-state index is 12.8. The largest absolute Gasteiger partial charge is 0.496 e. The summed E-state index contributed by atoms with van der Waals surface area (Å²) in [6, 6.07) is 17.4. The van der Waals surface area contributed by atoms with E-state index in [-0.39, 0.29) is 5.91 Å². The molecule has 3 aromatic rings. The van der Waals surface area contributed by atoms with Crippen LogP contribution in [0.3, 0.4) is 0 Å². The molecule has 1 aliphatic heterocycles. The van der Waals surface area contributed by atoms with Gasteiger partial charge in [0.25, 0.3) is 5.91 Å². The molecule has 0 spiro atoms. The Labute approximate surface area is 170 Å². The topological polar surface area (TPSA) is 63.7 Å². The summed E-state index contributed by atoms with van der Waals surface area (Å²) in [5.74, 6) is 1.03. The number of benzene rings is 2. The van der Waals surface area contributed by atoms with Gasteiger partial charge < -0.3 is 19.7 Å². The lowest BCUT2D eigenvalue weighted by Crippen LogP contribution is -2.24. The first-order chi connectivity index (χ1) is 14.2. The number of fused-ring (bicyclic) bond motifs is 1. The van der Waals surface area contributed by atoms with Crippen molar-refractivity contribution in [3.63, 3.8) is 0 Å². The molecule has 0 saturated carbocycles. The number of carbonyl (C=O) groups is 1. The molecular weight excluding hydrogens is 366 g/mol. The number of carbonyl (C=O) groups excluding carboxylic acids is 1. The fraction of sp³-hybridized carbons (Fsp3) is 0.217. The number of pyridine rings is 1. The highest BCUT2D eigenvalue weighted by Crippen LogP contribution is 2.33. The van der Waals surface area contributed by atoms with Crippen molar-refractivity contribution in [1.29, 1.82) is 0 Å². The average Bonchev–Trinajstić information content (AvgIpc) is 2.78. The third kappa shape index (κ3) is 3.74. The van der Waals surface area contributed by atoms with Crippen LogP contribution in [0.2, 0.25) is 0 Å². The van der Waals surface area contributed by atoms with Gasteiger partial charge >= 0.3 is 0 Å². The molecule has 0 unspecified atom stereocenters. The molecule has 4 rings (SSSR count). The van der Waals surface area contributed by atoms with Crippen LogP contribution < -0.4 is 19.7 Å². The van der Waals surface area contributed by atoms with Crippen molar-refractivity contribution >= 4 is 23.1 Å². The molecule has 1 N–H and O–H groups in total. The van der Waals surface area contributed by atoms with Crippen LogP contribution in [0, 0.1) is 0 Å². The smallest absolute Gasteiger partial charge is 0.264 e. The molecule has 1 amide bonds. The van der Waals surface area contributed by atoms with Crippen LogP contribution in [-0.4, -0.2) is 31.7 Å². The molecule has 2 heterocycles. The first kappa shape index (κ1) is 18.8. The highest BCUT2D eigenvalue weighted by Gasteiger charge is 2.20. The number of nitrogens with zero attached hydrogens (tertiary/aromatic N) is 2. The second-order valence-corrected chi connectivity index (χ2v) is 6.78. The van der Waals surface area contributed by atoms with Crippen molar-refractivity contribution < 1.29 is 14.3 Å². The van der Waals surface area contributed by atoms with E-state index in [1.807, 2.05) is 12.1 Å². The molecule has 0 aliphatic carbocycles. The SMILES string of the molecule is COc1cccc(OC)c1C(=O)Nc1ccc(N2CCCc3ccccc32)cn1. The van der Waals surface area contributed by atoms with Gasteiger partial charge in [0.05, 0.1) is 26.1 Å². The van der Waals surface area contributed by atoms with Crippen LogP contribution in [0.25, 0.3) is 0 Å². The summed E-state index contributed by atoms with van der Waals surface area (Å²) < 4.78 is 10.6. The van der Waals surface area contributed by atoms with Crippen LogP contribution in [0.5, 0.6) is 11.5 Å². The average molecular weight is 389 g/mol. The zero-order chi connectivity index (χ0) is 20.2. The summed E-state index contributed by atoms with van der Waals surface area (Å²) in [5.41, 5.74) is 3.91. The minimum absolute atomic E-state index is 0.331. The van der Waals surface area contributed by atoms with Gasteiger partial charge in [-0.1, -0.05) is 24.3 Å². The van der Waals surface area contributed by atoms with E-state index < -0.39 is 0 Å². The summed E-state index contributed by atoms with van der Waals surface area (Å²) in [4.78, 5) is 19.5. The molecular formula is C23H23N3O3. The van der Waals surface area contributed by atoms with Gasteiger partial charge in [0.2, 0.25) is 0 Å². The lowest BCUT2D eigenvalue weighted by molar-refractivity contribution is 0.102. The van der Waals surface area contributed by atoms with E-state index in [1.165, 1.54) is 25.5 Å². The summed E-state index contributed by atoms with van der Waals surface area (Å²) in [5, 5.41) is 2.83. The molecule has 1 aromatic heterocycles. The number of ether oxygens (including phenoxy) is 2. The Morgan fingerprint density at radius 1 is 1.00 bits per heavy atom. The molecule has 6 nitrogen and oxygen atoms in total. The van der Waals surface area contributed by atoms with Gasteiger partial charge in [0.15, 0.2) is 0 Å². The molecule has 148 valence electrons. The standard InChI is InChI=1S/C23H23N3O3/c1-28-19-10-5-11-20(29-2)22(19)23(27)25-21-13-12-17(15-24-21)26-14-6-8-16-7-3-4-9-18(16)26/h3-5,7,9-13,15H,6,8,14H2,1-2H3,(H,24,25,27). The van der Waals surface area contributed by atoms with E-state index >= 15 is 0 Å². The van der Waals surface area contributed by atoms with Crippen molar-refractivity contribution in [2.75, 3.05) is 31.0 Å². The van der Waals surface area contributed by atoms with Crippen molar-refractivity contribution in [2.24, 2.45) is 0 Å². The molecule has 0 radical (unpaired) electrons. The number of hydrogen-bond donors (Lipinski definition) is 1. The van der Waals surface area contributed by atoms with Gasteiger partial charge in [-0.15, -0.1) is 0 Å². The van der Waals surface area contributed by atoms with Crippen molar-refractivity contribution in [1.82, 2.24) is 4.98 Å². The highest BCUT2D eigenvalue weighted by molar-refractivity contribution is 6.07. The summed E-state index contributed by atoms with van der Waals surface area (Å²) in [7, 11) is 3.05. The maximum absolute atomic E-state index is 12.8. The Kier molecular flexibility index (Phi) is 5.33. The first-order valence-electron chi connectivity index (χ1n) is 9.55. The zero-order valence-electron chi connectivity index (χ0n) is 16.5. The second-order valence-electron chi connectivity index (χ2n) is 6.78. The summed E-state index contributed by atoms with van der Waals surface area (Å²) in [6.07, 6.45) is 3.98. The predicted octanol–water partition coefficient (Wildman–Crippen LogP) is 4.44. The Hall–Kier alpha value is -3.54. The van der Waals surface area contributed by atoms with Gasteiger partial charge in [0.1, 0.15) is 22.9 Å². The molecule has 0 fully saturated rings. The van der Waals surface area contributed by atoms with E-state index in [0.717, 1.165) is 25.1 Å². The van der Waals surface area contributed by atoms with Crippen molar-refractivity contribution in [3.8, 4) is 11.5 Å². The van der Waals surface area contributed by atoms with E-state index in [1.54, 1.807) is 24.4 Å². The summed E-state index contributed by atoms with van der Waals surface area (Å²) in [6.45, 7) is 0.947. The Balaban J connectivity index is 1.55. The number of anilines is 3. The highest BCUT2D eigenvalue weighted by atomic mass is 16.5. The van der Waals surface area contributed by atoms with Crippen LogP contribution in [-0.2, 0) is 6.42 Å². The fourth-order valence-electron chi connectivity index (χ4n) is 3.68. The van der Waals surface area contributed by atoms with Gasteiger partial charge in [-0.25, -0.2) is 4.98 Å². The maximum Gasteiger partial charge on any atom is 0.264 e. The molecule has 0 saturated heterocycles. The number of rotatable bonds is 5. The third-order valence-corrected chi connectivity index (χ3v) is 5.07. The van der Waals surface area contributed by atoms with Crippen LogP contribution in [0.4, 0.5) is 17.2 Å². The van der Waals surface area contributed by atoms with Gasteiger partial charge in [-0.2, -0.15) is 0 Å². The van der Waals surface area contributed by atoms with Crippen molar-refractivity contribution in [2.45, 2.75) is 12.8 Å². The van der Waals surface area contributed by atoms with E-state index in [9.17, 15) is 4.79 Å². The number of amides is 1. The van der Waals surface area contributed by atoms with Crippen LogP contribution >= 0.6 is 0 Å². The quantitative estimate of drug-likeness (QED) is 0.699. The number of aromatic nitrogens is 1. The molecule has 0 atom stereocenters. The van der Waals surface area contributed by atoms with Gasteiger partial charge in [-0.3, -0.25) is 4.79 Å². The van der Waals surface area contributed by atoms with Crippen LogP contribution in [0.1, 0.15) is 22.3 Å². The lowest BCUT2D eigenvalue weighted by atomic mass is 10.0. The number of aryl methyl sites for hydroxylation is 1. The number of methoxy groups -OCH3 is 2. The van der Waals surface area contributed by atoms with E-state index in [4.69, 9.17) is 9.47 Å². The van der Waals surface area contributed by atoms with Gasteiger partial charge in [0, 0.05) is 12.2 Å². The minimum Gasteiger partial charge on any atom is -0.496 e. The van der Waals surface area contributed by atoms with E-state index in [0.29, 0.717) is 22.9 Å². The second kappa shape index (κ2) is 8.22. The molecule has 1 aliphatic rings. The normalized spacial score (nSPS) is 12.8. The van der Waals surface area contributed by atoms with Crippen molar-refractivity contribution in [3.05, 3.63) is 71.9 Å². The number of para-hydroxylation sites is 1. The molecule has 6 heteroatoms. The fourth-order valence-corrected chi connectivity index (χ4v) is 3.68. The number of hydrogen-bond acceptors (Lipinski definition) is 5. The molecule has 2 aromatic carbocycles. The Bertz CT molecular complexity index is 996. The first-order valence-corrected chi connectivity index (χ1v) is 9.55. The monoisotopic (exact) mass is 389 g/mol. The Morgan fingerprint density at radius 2 is 1.76 bits per heavy atom. The molecule has 29 heavy (non-hydrogen) atoms. The number of nitrogens with one attached hydrogen (secondary N) is 1. The summed E-state index contributed by atoms with van der Waals surface area (Å²) >= 11 is 0. The lowest BCUT2D eigenvalue weighted by Gasteiger charge is -2.31. The Morgan fingerprint density at radius 3 is 2.45 bits per heavy atom. The molecule has 0 bridgehead atoms. The third-order valence-electron chi connectivity index (χ3n) is 5.07. The van der Waals surface area contributed by atoms with E-state index in [2.05, 4.69) is 39.5 Å². The predicted molar refractivity (Wildman–Crippen MR) is 114 cm³/mol. The minimum atomic E-state index is -0.331. The zero-order valence-corrected chi connectivity index (χ0v) is 16.5.